The lowest BCUT2D eigenvalue weighted by Crippen LogP contribution is -2.01. The van der Waals surface area contributed by atoms with Crippen molar-refractivity contribution in [3.05, 3.63) is 53.7 Å². The van der Waals surface area contributed by atoms with Gasteiger partial charge in [0.25, 0.3) is 0 Å². The van der Waals surface area contributed by atoms with E-state index in [1.54, 1.807) is 18.3 Å². The summed E-state index contributed by atoms with van der Waals surface area (Å²) in [6.07, 6.45) is 1.78. The van der Waals surface area contributed by atoms with Crippen molar-refractivity contribution in [1.29, 1.82) is 0 Å². The van der Waals surface area contributed by atoms with Gasteiger partial charge in [0.1, 0.15) is 11.6 Å². The third kappa shape index (κ3) is 2.73. The van der Waals surface area contributed by atoms with E-state index in [0.29, 0.717) is 6.54 Å². The Kier molecular flexibility index (Phi) is 3.05. The second-order valence-electron chi connectivity index (χ2n) is 3.74. The van der Waals surface area contributed by atoms with E-state index in [9.17, 15) is 5.11 Å². The van der Waals surface area contributed by atoms with Crippen LogP contribution < -0.4 is 5.32 Å². The van der Waals surface area contributed by atoms with Crippen LogP contribution in [0.4, 0.5) is 5.82 Å². The van der Waals surface area contributed by atoms with Gasteiger partial charge < -0.3 is 10.4 Å². The molecule has 2 rings (SSSR count). The molecular formula is C13H14N2O. The fourth-order valence-corrected chi connectivity index (χ4v) is 1.49. The summed E-state index contributed by atoms with van der Waals surface area (Å²) >= 11 is 0. The summed E-state index contributed by atoms with van der Waals surface area (Å²) in [6, 6.07) is 11.1. The molecule has 0 spiro atoms. The van der Waals surface area contributed by atoms with Gasteiger partial charge >= 0.3 is 0 Å². The number of nitrogens with one attached hydrogen (secondary N) is 1. The van der Waals surface area contributed by atoms with Crippen molar-refractivity contribution >= 4 is 5.82 Å². The first-order valence-electron chi connectivity index (χ1n) is 5.18. The van der Waals surface area contributed by atoms with E-state index in [0.717, 1.165) is 11.4 Å². The number of anilines is 1. The molecule has 2 aromatic rings. The number of benzene rings is 1. The molecule has 2 N–H and O–H groups in total. The first kappa shape index (κ1) is 10.5. The van der Waals surface area contributed by atoms with Crippen LogP contribution in [0.2, 0.25) is 0 Å². The number of phenols is 1. The van der Waals surface area contributed by atoms with Gasteiger partial charge in [0.15, 0.2) is 0 Å². The fourth-order valence-electron chi connectivity index (χ4n) is 1.49. The molecule has 0 bridgehead atoms. The summed E-state index contributed by atoms with van der Waals surface area (Å²) in [7, 11) is 0. The highest BCUT2D eigenvalue weighted by Gasteiger charge is 1.96. The van der Waals surface area contributed by atoms with Crippen LogP contribution in [0.3, 0.4) is 0 Å². The Morgan fingerprint density at radius 3 is 2.88 bits per heavy atom. The zero-order valence-electron chi connectivity index (χ0n) is 9.14. The van der Waals surface area contributed by atoms with Crippen LogP contribution in [0.1, 0.15) is 11.1 Å². The van der Waals surface area contributed by atoms with Crippen molar-refractivity contribution in [1.82, 2.24) is 4.98 Å². The lowest BCUT2D eigenvalue weighted by Gasteiger charge is -2.06. The van der Waals surface area contributed by atoms with E-state index in [-0.39, 0.29) is 5.75 Å². The average Bonchev–Trinajstić information content (AvgIpc) is 2.27. The fraction of sp³-hybridized carbons (Fsp3) is 0.154. The highest BCUT2D eigenvalue weighted by atomic mass is 16.3. The quantitative estimate of drug-likeness (QED) is 0.825. The molecule has 0 fully saturated rings. The Balaban J connectivity index is 2.02. The SMILES string of the molecule is Cc1ccnc(NCc2cccc(O)c2)c1. The predicted octanol–water partition coefficient (Wildman–Crippen LogP) is 2.71. The largest absolute Gasteiger partial charge is 0.508 e. The van der Waals surface area contributed by atoms with Crippen molar-refractivity contribution < 1.29 is 5.11 Å². The molecule has 1 heterocycles. The molecule has 1 aromatic carbocycles. The smallest absolute Gasteiger partial charge is 0.126 e. The van der Waals surface area contributed by atoms with Gasteiger partial charge in [-0.3, -0.25) is 0 Å². The minimum Gasteiger partial charge on any atom is -0.508 e. The molecular weight excluding hydrogens is 200 g/mol. The van der Waals surface area contributed by atoms with E-state index >= 15 is 0 Å². The van der Waals surface area contributed by atoms with Gasteiger partial charge in [-0.25, -0.2) is 4.98 Å². The Hall–Kier alpha value is -2.03. The number of aryl methyl sites for hydroxylation is 1. The topological polar surface area (TPSA) is 45.2 Å². The lowest BCUT2D eigenvalue weighted by molar-refractivity contribution is 0.474. The number of hydrogen-bond acceptors (Lipinski definition) is 3. The van der Waals surface area contributed by atoms with Crippen LogP contribution in [0.25, 0.3) is 0 Å². The van der Waals surface area contributed by atoms with Crippen LogP contribution in [-0.2, 0) is 6.54 Å². The minimum atomic E-state index is 0.288. The zero-order valence-corrected chi connectivity index (χ0v) is 9.14. The Morgan fingerprint density at radius 1 is 1.25 bits per heavy atom. The summed E-state index contributed by atoms with van der Waals surface area (Å²) < 4.78 is 0. The van der Waals surface area contributed by atoms with Crippen molar-refractivity contribution in [3.63, 3.8) is 0 Å². The lowest BCUT2D eigenvalue weighted by atomic mass is 10.2. The first-order valence-corrected chi connectivity index (χ1v) is 5.18. The molecule has 82 valence electrons. The number of pyridine rings is 1. The maximum Gasteiger partial charge on any atom is 0.126 e. The van der Waals surface area contributed by atoms with Gasteiger partial charge in [-0.15, -0.1) is 0 Å². The summed E-state index contributed by atoms with van der Waals surface area (Å²) in [6.45, 7) is 2.69. The standard InChI is InChI=1S/C13H14N2O/c1-10-5-6-14-13(7-10)15-9-11-3-2-4-12(16)8-11/h2-8,16H,9H2,1H3,(H,14,15). The molecule has 0 radical (unpaired) electrons. The monoisotopic (exact) mass is 214 g/mol. The van der Waals surface area contributed by atoms with Crippen molar-refractivity contribution in [2.24, 2.45) is 0 Å². The molecule has 0 saturated carbocycles. The van der Waals surface area contributed by atoms with Crippen molar-refractivity contribution in [3.8, 4) is 5.75 Å². The zero-order chi connectivity index (χ0) is 11.4. The molecule has 3 nitrogen and oxygen atoms in total. The number of rotatable bonds is 3. The maximum atomic E-state index is 9.31. The first-order chi connectivity index (χ1) is 7.74. The second kappa shape index (κ2) is 4.66. The molecule has 0 aliphatic carbocycles. The summed E-state index contributed by atoms with van der Waals surface area (Å²) in [5.74, 6) is 1.14. The number of phenolic OH excluding ortho intramolecular Hbond substituents is 1. The number of hydrogen-bond donors (Lipinski definition) is 2. The molecule has 0 unspecified atom stereocenters. The molecule has 0 aliphatic rings. The van der Waals surface area contributed by atoms with E-state index < -0.39 is 0 Å². The summed E-state index contributed by atoms with van der Waals surface area (Å²) in [5.41, 5.74) is 2.21. The highest BCUT2D eigenvalue weighted by molar-refractivity contribution is 5.38. The van der Waals surface area contributed by atoms with Gasteiger partial charge in [0, 0.05) is 12.7 Å². The molecule has 0 saturated heterocycles. The Morgan fingerprint density at radius 2 is 2.12 bits per heavy atom. The third-order valence-electron chi connectivity index (χ3n) is 2.30. The maximum absolute atomic E-state index is 9.31. The van der Waals surface area contributed by atoms with Crippen molar-refractivity contribution in [2.45, 2.75) is 13.5 Å². The molecule has 3 heteroatoms. The highest BCUT2D eigenvalue weighted by Crippen LogP contribution is 2.12. The van der Waals surface area contributed by atoms with Gasteiger partial charge in [0.05, 0.1) is 0 Å². The average molecular weight is 214 g/mol. The van der Waals surface area contributed by atoms with Crippen LogP contribution in [0.5, 0.6) is 5.75 Å². The molecule has 0 atom stereocenters. The molecule has 0 amide bonds. The van der Waals surface area contributed by atoms with Gasteiger partial charge in [0.2, 0.25) is 0 Å². The number of aromatic hydroxyl groups is 1. The third-order valence-corrected chi connectivity index (χ3v) is 2.30. The Labute approximate surface area is 94.8 Å². The van der Waals surface area contributed by atoms with Crippen LogP contribution in [-0.4, -0.2) is 10.1 Å². The van der Waals surface area contributed by atoms with Crippen LogP contribution in [0, 0.1) is 6.92 Å². The summed E-state index contributed by atoms with van der Waals surface area (Å²) in [5, 5.41) is 12.5. The molecule has 16 heavy (non-hydrogen) atoms. The number of aromatic nitrogens is 1. The van der Waals surface area contributed by atoms with Gasteiger partial charge in [-0.2, -0.15) is 0 Å². The molecule has 1 aromatic heterocycles. The van der Waals surface area contributed by atoms with Gasteiger partial charge in [-0.1, -0.05) is 12.1 Å². The normalized spacial score (nSPS) is 10.1. The minimum absolute atomic E-state index is 0.288. The van der Waals surface area contributed by atoms with Crippen molar-refractivity contribution in [2.75, 3.05) is 5.32 Å². The summed E-state index contributed by atoms with van der Waals surface area (Å²) in [4.78, 5) is 4.20. The van der Waals surface area contributed by atoms with E-state index in [1.165, 1.54) is 5.56 Å². The van der Waals surface area contributed by atoms with E-state index in [2.05, 4.69) is 10.3 Å². The van der Waals surface area contributed by atoms with E-state index in [1.807, 2.05) is 31.2 Å². The van der Waals surface area contributed by atoms with Gasteiger partial charge in [-0.05, 0) is 42.3 Å². The van der Waals surface area contributed by atoms with Crippen LogP contribution >= 0.6 is 0 Å². The second-order valence-corrected chi connectivity index (χ2v) is 3.74. The molecule has 0 aliphatic heterocycles. The van der Waals surface area contributed by atoms with E-state index in [4.69, 9.17) is 0 Å². The number of nitrogens with zero attached hydrogens (tertiary/aromatic N) is 1. The van der Waals surface area contributed by atoms with Crippen LogP contribution in [0.15, 0.2) is 42.6 Å². The predicted molar refractivity (Wildman–Crippen MR) is 64.4 cm³/mol. The Bertz CT molecular complexity index is 437.